The van der Waals surface area contributed by atoms with E-state index in [2.05, 4.69) is 38.6 Å². The van der Waals surface area contributed by atoms with Gasteiger partial charge in [-0.3, -0.25) is 18.7 Å². The fourth-order valence-electron chi connectivity index (χ4n) is 5.93. The van der Waals surface area contributed by atoms with Crippen LogP contribution >= 0.6 is 22.9 Å². The van der Waals surface area contributed by atoms with Crippen LogP contribution in [0.2, 0.25) is 5.02 Å². The Morgan fingerprint density at radius 3 is 1.83 bits per heavy atom. The summed E-state index contributed by atoms with van der Waals surface area (Å²) >= 11 is 7.62. The van der Waals surface area contributed by atoms with Gasteiger partial charge in [-0.1, -0.05) is 71.7 Å². The normalized spacial score (nSPS) is 10.7. The van der Waals surface area contributed by atoms with E-state index < -0.39 is 45.9 Å². The van der Waals surface area contributed by atoms with Crippen LogP contribution in [0.3, 0.4) is 0 Å². The van der Waals surface area contributed by atoms with Crippen LogP contribution in [0.15, 0.2) is 128 Å². The van der Waals surface area contributed by atoms with Crippen molar-refractivity contribution < 1.29 is 8.78 Å². The van der Waals surface area contributed by atoms with Gasteiger partial charge in [0.05, 0.1) is 16.2 Å². The van der Waals surface area contributed by atoms with Gasteiger partial charge in [0.15, 0.2) is 28.3 Å². The van der Waals surface area contributed by atoms with Crippen LogP contribution in [-0.2, 0) is 7.05 Å². The Hall–Kier alpha value is -7.26. The second-order valence-corrected chi connectivity index (χ2v) is 14.0. The fourth-order valence-corrected chi connectivity index (χ4v) is 6.94. The van der Waals surface area contributed by atoms with Gasteiger partial charge < -0.3 is 0 Å². The second-order valence-electron chi connectivity index (χ2n) is 12.8. The maximum absolute atomic E-state index is 15.0. The number of hydrogen-bond donors (Lipinski definition) is 0. The Morgan fingerprint density at radius 2 is 1.22 bits per heavy atom. The number of aryl methyl sites for hydroxylation is 1. The number of rotatable bonds is 3. The van der Waals surface area contributed by atoms with Crippen molar-refractivity contribution in [3.05, 3.63) is 189 Å². The molecule has 4 aromatic carbocycles. The zero-order chi connectivity index (χ0) is 41.1. The average Bonchev–Trinajstić information content (AvgIpc) is 3.72. The van der Waals surface area contributed by atoms with Crippen LogP contribution in [0.5, 0.6) is 0 Å². The summed E-state index contributed by atoms with van der Waals surface area (Å²) in [5, 5.41) is 0.267. The Kier molecular flexibility index (Phi) is 11.1. The maximum Gasteiger partial charge on any atom is 0.337 e. The minimum atomic E-state index is -1.09. The van der Waals surface area contributed by atoms with Gasteiger partial charge >= 0.3 is 11.4 Å². The molecule has 0 spiro atoms. The molecule has 4 heterocycles. The molecule has 286 valence electrons. The molecule has 0 N–H and O–H groups in total. The van der Waals surface area contributed by atoms with E-state index in [0.29, 0.717) is 26.2 Å². The van der Waals surface area contributed by atoms with Crippen molar-refractivity contribution in [1.82, 2.24) is 33.2 Å². The van der Waals surface area contributed by atoms with Crippen molar-refractivity contribution in [2.24, 2.45) is 7.05 Å². The van der Waals surface area contributed by atoms with E-state index in [0.717, 1.165) is 22.3 Å². The molecule has 0 radical (unpaired) electrons. The molecule has 15 heteroatoms. The molecule has 4 aromatic heterocycles. The van der Waals surface area contributed by atoms with Crippen LogP contribution in [0.1, 0.15) is 42.1 Å². The van der Waals surface area contributed by atoms with Crippen molar-refractivity contribution in [3.8, 4) is 35.1 Å². The average molecular weight is 812 g/mol. The van der Waals surface area contributed by atoms with E-state index in [4.69, 9.17) is 11.6 Å². The highest BCUT2D eigenvalue weighted by atomic mass is 35.5. The van der Waals surface area contributed by atoms with Gasteiger partial charge in [-0.05, 0) is 68.4 Å². The lowest BCUT2D eigenvalue weighted by molar-refractivity contribution is 0.533. The minimum absolute atomic E-state index is 0.0508. The van der Waals surface area contributed by atoms with E-state index in [1.54, 1.807) is 68.9 Å². The number of nitrogens with zero attached hydrogens (tertiary/aromatic N) is 7. The first-order valence-electron chi connectivity index (χ1n) is 17.4. The van der Waals surface area contributed by atoms with E-state index in [1.165, 1.54) is 32.9 Å². The summed E-state index contributed by atoms with van der Waals surface area (Å²) in [6.45, 7) is 3.39. The summed E-state index contributed by atoms with van der Waals surface area (Å²) in [5.41, 5.74) is 0.704. The molecule has 0 bridgehead atoms. The molecular weight excluding hydrogens is 784 g/mol. The standard InChI is InChI=1S/C23H16F2N4O2.C20H12ClN3O2S/c1-14(2)28-21-19(26-10-11-27-21)22(30)29(23(28)31)20-17(24)12-16(13-18(20)25)9-8-15-6-4-3-5-7-15;1-23-19-17(22-12-27-19)18(25)24(20(23)26)16-10-9-14(11-15(16)21)8-7-13-5-3-2-4-6-13/h3-7,10-14H,1-2H3;2-6,9-12H,1H3. The SMILES string of the molecule is CC(C)n1c(=O)n(-c2c(F)cc(C#Cc3ccccc3)cc2F)c(=O)c2nccnc21.Cn1c(=O)n(-c2ccc(C#Cc3ccccc3)cc2Cl)c(=O)c2ncsc21. The lowest BCUT2D eigenvalue weighted by Gasteiger charge is -2.16. The first-order chi connectivity index (χ1) is 27.9. The van der Waals surface area contributed by atoms with Crippen molar-refractivity contribution in [2.45, 2.75) is 19.9 Å². The number of benzene rings is 4. The van der Waals surface area contributed by atoms with Gasteiger partial charge in [0.25, 0.3) is 11.1 Å². The number of fused-ring (bicyclic) bond motifs is 2. The zero-order valence-electron chi connectivity index (χ0n) is 30.8. The molecule has 0 fully saturated rings. The van der Waals surface area contributed by atoms with Crippen molar-refractivity contribution in [1.29, 1.82) is 0 Å². The Balaban J connectivity index is 0.000000178. The molecule has 0 unspecified atom stereocenters. The molecule has 0 aliphatic rings. The monoisotopic (exact) mass is 811 g/mol. The molecule has 8 rings (SSSR count). The summed E-state index contributed by atoms with van der Waals surface area (Å²) in [6.07, 6.45) is 2.62. The van der Waals surface area contributed by atoms with E-state index >= 15 is 0 Å². The fraction of sp³-hybridized carbons (Fsp3) is 0.0930. The molecule has 0 saturated carbocycles. The predicted molar refractivity (Wildman–Crippen MR) is 220 cm³/mol. The summed E-state index contributed by atoms with van der Waals surface area (Å²) in [6, 6.07) is 25.1. The van der Waals surface area contributed by atoms with E-state index in [1.807, 2.05) is 36.4 Å². The van der Waals surface area contributed by atoms with Crippen LogP contribution in [-0.4, -0.2) is 33.2 Å². The predicted octanol–water partition coefficient (Wildman–Crippen LogP) is 6.40. The first kappa shape index (κ1) is 39.0. The number of hydrogen-bond acceptors (Lipinski definition) is 8. The maximum atomic E-state index is 15.0. The Morgan fingerprint density at radius 1 is 0.655 bits per heavy atom. The third kappa shape index (κ3) is 7.62. The van der Waals surface area contributed by atoms with Gasteiger partial charge in [-0.25, -0.2) is 42.5 Å². The zero-order valence-corrected chi connectivity index (χ0v) is 32.3. The van der Waals surface area contributed by atoms with Gasteiger partial charge in [-0.15, -0.1) is 11.3 Å². The lowest BCUT2D eigenvalue weighted by atomic mass is 10.1. The lowest BCUT2D eigenvalue weighted by Crippen LogP contribution is -2.41. The molecule has 0 saturated heterocycles. The van der Waals surface area contributed by atoms with E-state index in [9.17, 15) is 28.0 Å². The largest absolute Gasteiger partial charge is 0.337 e. The molecular formula is C43H28ClF2N7O4S. The molecule has 0 amide bonds. The van der Waals surface area contributed by atoms with Crippen molar-refractivity contribution >= 4 is 44.4 Å². The van der Waals surface area contributed by atoms with Crippen LogP contribution in [0, 0.1) is 35.3 Å². The summed E-state index contributed by atoms with van der Waals surface area (Å²) in [4.78, 5) is 64.0. The highest BCUT2D eigenvalue weighted by Crippen LogP contribution is 2.22. The Bertz CT molecular complexity index is 3240. The van der Waals surface area contributed by atoms with Crippen LogP contribution in [0.25, 0.3) is 32.9 Å². The smallest absolute Gasteiger partial charge is 0.286 e. The van der Waals surface area contributed by atoms with Crippen LogP contribution < -0.4 is 22.5 Å². The molecule has 0 aliphatic heterocycles. The molecule has 11 nitrogen and oxygen atoms in total. The van der Waals surface area contributed by atoms with Gasteiger partial charge in [0, 0.05) is 47.7 Å². The first-order valence-corrected chi connectivity index (χ1v) is 18.7. The quantitative estimate of drug-likeness (QED) is 0.189. The summed E-state index contributed by atoms with van der Waals surface area (Å²) in [7, 11) is 1.60. The van der Waals surface area contributed by atoms with Gasteiger partial charge in [0.1, 0.15) is 10.5 Å². The number of aromatic nitrogens is 7. The third-order valence-corrected chi connectivity index (χ3v) is 9.85. The third-order valence-electron chi connectivity index (χ3n) is 8.64. The van der Waals surface area contributed by atoms with Gasteiger partial charge in [-0.2, -0.15) is 0 Å². The number of thiazole rings is 1. The molecule has 0 aliphatic carbocycles. The second kappa shape index (κ2) is 16.5. The van der Waals surface area contributed by atoms with E-state index in [-0.39, 0.29) is 27.3 Å². The minimum Gasteiger partial charge on any atom is -0.286 e. The molecule has 0 atom stereocenters. The topological polar surface area (TPSA) is 127 Å². The van der Waals surface area contributed by atoms with Gasteiger partial charge in [0.2, 0.25) is 0 Å². The summed E-state index contributed by atoms with van der Waals surface area (Å²) < 4.78 is 34.0. The van der Waals surface area contributed by atoms with Crippen LogP contribution in [0.4, 0.5) is 8.78 Å². The summed E-state index contributed by atoms with van der Waals surface area (Å²) in [5.74, 6) is 9.40. The highest BCUT2D eigenvalue weighted by molar-refractivity contribution is 7.16. The van der Waals surface area contributed by atoms with Crippen molar-refractivity contribution in [3.63, 3.8) is 0 Å². The molecule has 58 heavy (non-hydrogen) atoms. The number of halogens is 3. The molecule has 8 aromatic rings. The highest BCUT2D eigenvalue weighted by Gasteiger charge is 2.23. The Labute approximate surface area is 336 Å². The van der Waals surface area contributed by atoms with Crippen molar-refractivity contribution in [2.75, 3.05) is 0 Å².